The van der Waals surface area contributed by atoms with Crippen LogP contribution in [0, 0.1) is 24.1 Å². The molecular weight excluding hydrogens is 215 g/mol. The Labute approximate surface area is 102 Å². The Morgan fingerprint density at radius 2 is 2.18 bits per heavy atom. The van der Waals surface area contributed by atoms with Crippen molar-refractivity contribution < 1.29 is 4.39 Å². The van der Waals surface area contributed by atoms with Gasteiger partial charge < -0.3 is 0 Å². The molecular formula is C14H17FN2. The highest BCUT2D eigenvalue weighted by Crippen LogP contribution is 2.24. The molecule has 0 aliphatic rings. The van der Waals surface area contributed by atoms with E-state index in [1.54, 1.807) is 13.0 Å². The first-order chi connectivity index (χ1) is 8.10. The molecule has 90 valence electrons. The molecule has 0 aliphatic carbocycles. The third-order valence-corrected chi connectivity index (χ3v) is 2.68. The Kier molecular flexibility index (Phi) is 4.84. The van der Waals surface area contributed by atoms with Crippen LogP contribution in [0.4, 0.5) is 10.1 Å². The summed E-state index contributed by atoms with van der Waals surface area (Å²) in [5, 5.41) is 8.71. The van der Waals surface area contributed by atoms with Crippen LogP contribution < -0.4 is 0 Å². The molecule has 0 amide bonds. The lowest BCUT2D eigenvalue weighted by molar-refractivity contribution is 0.615. The van der Waals surface area contributed by atoms with Crippen LogP contribution in [0.25, 0.3) is 0 Å². The zero-order chi connectivity index (χ0) is 12.8. The predicted molar refractivity (Wildman–Crippen MR) is 68.1 cm³/mol. The van der Waals surface area contributed by atoms with E-state index in [0.29, 0.717) is 11.3 Å². The van der Waals surface area contributed by atoms with Gasteiger partial charge in [0.25, 0.3) is 0 Å². The molecule has 0 saturated carbocycles. The van der Waals surface area contributed by atoms with Gasteiger partial charge in [0.2, 0.25) is 0 Å². The Bertz CT molecular complexity index is 470. The van der Waals surface area contributed by atoms with E-state index >= 15 is 0 Å². The van der Waals surface area contributed by atoms with Gasteiger partial charge in [-0.1, -0.05) is 13.3 Å². The number of benzene rings is 1. The quantitative estimate of drug-likeness (QED) is 0.713. The third-order valence-electron chi connectivity index (χ3n) is 2.68. The molecule has 0 bridgehead atoms. The molecule has 0 heterocycles. The topological polar surface area (TPSA) is 36.1 Å². The van der Waals surface area contributed by atoms with Crippen LogP contribution >= 0.6 is 0 Å². The van der Waals surface area contributed by atoms with Crippen LogP contribution in [0.2, 0.25) is 0 Å². The Hall–Kier alpha value is -1.69. The smallest absolute Gasteiger partial charge is 0.146 e. The summed E-state index contributed by atoms with van der Waals surface area (Å²) in [7, 11) is 0. The number of aliphatic imine (C=N–C) groups is 1. The van der Waals surface area contributed by atoms with E-state index < -0.39 is 5.82 Å². The fourth-order valence-corrected chi connectivity index (χ4v) is 1.58. The highest BCUT2D eigenvalue weighted by molar-refractivity contribution is 5.85. The number of halogens is 1. The highest BCUT2D eigenvalue weighted by atomic mass is 19.1. The van der Waals surface area contributed by atoms with Crippen LogP contribution in [0.5, 0.6) is 0 Å². The predicted octanol–water partition coefficient (Wildman–Crippen LogP) is 4.29. The number of rotatable bonds is 4. The lowest BCUT2D eigenvalue weighted by Crippen LogP contribution is -1.93. The van der Waals surface area contributed by atoms with E-state index in [4.69, 9.17) is 5.26 Å². The first-order valence-electron chi connectivity index (χ1n) is 5.83. The van der Waals surface area contributed by atoms with Crippen molar-refractivity contribution in [3.63, 3.8) is 0 Å². The van der Waals surface area contributed by atoms with Crippen molar-refractivity contribution in [2.75, 3.05) is 0 Å². The molecule has 0 spiro atoms. The second-order valence-corrected chi connectivity index (χ2v) is 4.13. The summed E-state index contributed by atoms with van der Waals surface area (Å²) in [4.78, 5) is 4.40. The molecule has 0 N–H and O–H groups in total. The maximum atomic E-state index is 13.7. The van der Waals surface area contributed by atoms with Gasteiger partial charge in [-0.2, -0.15) is 5.26 Å². The first-order valence-corrected chi connectivity index (χ1v) is 5.83. The highest BCUT2D eigenvalue weighted by Gasteiger charge is 2.08. The molecule has 2 nitrogen and oxygen atoms in total. The van der Waals surface area contributed by atoms with Gasteiger partial charge >= 0.3 is 0 Å². The molecule has 1 rings (SSSR count). The molecule has 0 radical (unpaired) electrons. The second-order valence-electron chi connectivity index (χ2n) is 4.13. The van der Waals surface area contributed by atoms with Crippen LogP contribution in [0.15, 0.2) is 17.1 Å². The van der Waals surface area contributed by atoms with Crippen LogP contribution in [0.1, 0.15) is 44.2 Å². The van der Waals surface area contributed by atoms with Gasteiger partial charge in [-0.15, -0.1) is 0 Å². The average molecular weight is 232 g/mol. The van der Waals surface area contributed by atoms with Crippen molar-refractivity contribution in [1.82, 2.24) is 0 Å². The Morgan fingerprint density at radius 3 is 2.76 bits per heavy atom. The van der Waals surface area contributed by atoms with E-state index in [-0.39, 0.29) is 5.56 Å². The van der Waals surface area contributed by atoms with E-state index in [0.717, 1.165) is 25.0 Å². The molecule has 1 aromatic carbocycles. The minimum atomic E-state index is -0.461. The zero-order valence-electron chi connectivity index (χ0n) is 10.5. The van der Waals surface area contributed by atoms with E-state index in [2.05, 4.69) is 11.9 Å². The van der Waals surface area contributed by atoms with Crippen molar-refractivity contribution in [3.05, 3.63) is 29.1 Å². The molecule has 1 aromatic rings. The fraction of sp³-hybridized carbons (Fsp3) is 0.429. The normalized spacial score (nSPS) is 11.4. The van der Waals surface area contributed by atoms with Gasteiger partial charge in [0, 0.05) is 11.3 Å². The summed E-state index contributed by atoms with van der Waals surface area (Å²) in [6.45, 7) is 5.73. The van der Waals surface area contributed by atoms with Crippen molar-refractivity contribution in [2.24, 2.45) is 4.99 Å². The lowest BCUT2D eigenvalue weighted by atomic mass is 10.1. The van der Waals surface area contributed by atoms with E-state index in [9.17, 15) is 4.39 Å². The first kappa shape index (κ1) is 13.4. The lowest BCUT2D eigenvalue weighted by Gasteiger charge is -2.05. The second kappa shape index (κ2) is 6.15. The molecule has 0 atom stereocenters. The Balaban J connectivity index is 3.01. The molecule has 0 aromatic heterocycles. The van der Waals surface area contributed by atoms with Crippen molar-refractivity contribution in [1.29, 1.82) is 5.26 Å². The van der Waals surface area contributed by atoms with Crippen molar-refractivity contribution in [2.45, 2.75) is 40.0 Å². The van der Waals surface area contributed by atoms with E-state index in [1.165, 1.54) is 6.07 Å². The molecule has 17 heavy (non-hydrogen) atoms. The average Bonchev–Trinajstić information content (AvgIpc) is 2.33. The molecule has 0 fully saturated rings. The monoisotopic (exact) mass is 232 g/mol. The number of hydrogen-bond donors (Lipinski definition) is 0. The Morgan fingerprint density at radius 1 is 1.47 bits per heavy atom. The number of nitriles is 1. The number of unbranched alkanes of at least 4 members (excludes halogenated alkanes) is 1. The van der Waals surface area contributed by atoms with Crippen LogP contribution in [0.3, 0.4) is 0 Å². The van der Waals surface area contributed by atoms with Gasteiger partial charge in [0.15, 0.2) is 0 Å². The summed E-state index contributed by atoms with van der Waals surface area (Å²) in [6.07, 6.45) is 3.14. The summed E-state index contributed by atoms with van der Waals surface area (Å²) in [5.41, 5.74) is 2.14. The van der Waals surface area contributed by atoms with Gasteiger partial charge in [0.1, 0.15) is 11.9 Å². The summed E-state index contributed by atoms with van der Waals surface area (Å²) < 4.78 is 13.7. The van der Waals surface area contributed by atoms with Gasteiger partial charge in [-0.25, -0.2) is 4.39 Å². The summed E-state index contributed by atoms with van der Waals surface area (Å²) in [5.74, 6) is -0.461. The number of hydrogen-bond acceptors (Lipinski definition) is 2. The van der Waals surface area contributed by atoms with E-state index in [1.807, 2.05) is 13.0 Å². The number of nitrogens with zero attached hydrogens (tertiary/aromatic N) is 2. The van der Waals surface area contributed by atoms with Crippen molar-refractivity contribution in [3.8, 4) is 6.07 Å². The van der Waals surface area contributed by atoms with Gasteiger partial charge in [-0.3, -0.25) is 4.99 Å². The minimum Gasteiger partial charge on any atom is -0.258 e. The summed E-state index contributed by atoms with van der Waals surface area (Å²) >= 11 is 0. The van der Waals surface area contributed by atoms with Crippen LogP contribution in [-0.2, 0) is 0 Å². The minimum absolute atomic E-state index is 0.0765. The maximum absolute atomic E-state index is 13.7. The fourth-order valence-electron chi connectivity index (χ4n) is 1.58. The SMILES string of the molecule is CCCCC(C)=Nc1ccc(C#N)c(F)c1C. The summed E-state index contributed by atoms with van der Waals surface area (Å²) in [6, 6.07) is 5.01. The standard InChI is InChI=1S/C14H17FN2/c1-4-5-6-10(2)17-13-8-7-12(9-16)14(15)11(13)3/h7-8H,4-6H2,1-3H3. The van der Waals surface area contributed by atoms with Crippen molar-refractivity contribution >= 4 is 11.4 Å². The van der Waals surface area contributed by atoms with Gasteiger partial charge in [0.05, 0.1) is 11.3 Å². The largest absolute Gasteiger partial charge is 0.258 e. The zero-order valence-corrected chi connectivity index (χ0v) is 10.5. The third kappa shape index (κ3) is 3.39. The molecule has 0 saturated heterocycles. The maximum Gasteiger partial charge on any atom is 0.146 e. The molecule has 0 aliphatic heterocycles. The molecule has 3 heteroatoms. The molecule has 0 unspecified atom stereocenters. The van der Waals surface area contributed by atoms with Gasteiger partial charge in [-0.05, 0) is 38.8 Å². The van der Waals surface area contributed by atoms with Crippen LogP contribution in [-0.4, -0.2) is 5.71 Å².